The summed E-state index contributed by atoms with van der Waals surface area (Å²) < 4.78 is 15.5. The number of methoxy groups -OCH3 is 1. The molecule has 0 aromatic carbocycles. The van der Waals surface area contributed by atoms with E-state index in [2.05, 4.69) is 29.1 Å². The van der Waals surface area contributed by atoms with Crippen molar-refractivity contribution in [3.8, 4) is 0 Å². The van der Waals surface area contributed by atoms with Gasteiger partial charge >= 0.3 is 23.9 Å². The summed E-state index contributed by atoms with van der Waals surface area (Å²) in [7, 11) is 1.28. The molecule has 3 aromatic heterocycles. The Morgan fingerprint density at radius 1 is 0.855 bits per heavy atom. The zero-order valence-corrected chi connectivity index (χ0v) is 37.1. The first kappa shape index (κ1) is 47.2. The van der Waals surface area contributed by atoms with Gasteiger partial charge in [-0.1, -0.05) is 13.8 Å². The number of nitrogens with one attached hydrogen (secondary N) is 3. The van der Waals surface area contributed by atoms with Crippen molar-refractivity contribution in [3.63, 3.8) is 0 Å². The number of carbonyl (C=O) groups is 5. The minimum Gasteiger partial charge on any atom is -0.481 e. The zero-order valence-electron chi connectivity index (χ0n) is 37.1. The van der Waals surface area contributed by atoms with Crippen molar-refractivity contribution in [2.75, 3.05) is 53.1 Å². The number of hydrogen-bond acceptors (Lipinski definition) is 12. The Balaban J connectivity index is 1.72. The first-order valence-electron chi connectivity index (χ1n) is 21.2. The predicted octanol–water partition coefficient (Wildman–Crippen LogP) is 5.36. The van der Waals surface area contributed by atoms with E-state index in [-0.39, 0.29) is 62.8 Å². The molecule has 0 radical (unpaired) electrons. The molecule has 62 heavy (non-hydrogen) atoms. The summed E-state index contributed by atoms with van der Waals surface area (Å²) in [6, 6.07) is 5.91. The normalized spacial score (nSPS) is 14.9. The number of carboxylic acids is 1. The van der Waals surface area contributed by atoms with E-state index in [1.807, 2.05) is 43.9 Å². The summed E-state index contributed by atoms with van der Waals surface area (Å²) in [6.45, 7) is 14.4. The van der Waals surface area contributed by atoms with Gasteiger partial charge in [0.25, 0.3) is 5.91 Å². The number of esters is 3. The maximum atomic E-state index is 14.5. The fraction of sp³-hybridized carbons (Fsp3) is 0.500. The summed E-state index contributed by atoms with van der Waals surface area (Å²) in [6.07, 6.45) is 1.41. The molecule has 2 aliphatic rings. The molecule has 0 spiro atoms. The van der Waals surface area contributed by atoms with Gasteiger partial charge in [0.2, 0.25) is 0 Å². The van der Waals surface area contributed by atoms with Gasteiger partial charge < -0.3 is 39.7 Å². The van der Waals surface area contributed by atoms with E-state index in [4.69, 9.17) is 24.2 Å². The summed E-state index contributed by atoms with van der Waals surface area (Å²) in [5.74, 6) is -3.50. The van der Waals surface area contributed by atoms with E-state index >= 15 is 0 Å². The number of carbonyl (C=O) groups excluding carboxylic acids is 4. The van der Waals surface area contributed by atoms with Gasteiger partial charge in [-0.3, -0.25) is 33.9 Å². The fourth-order valence-electron chi connectivity index (χ4n) is 8.38. The molecule has 16 heteroatoms. The monoisotopic (exact) mass is 856 g/mol. The number of rotatable bonds is 19. The number of ether oxygens (including phenoxy) is 3. The topological polar surface area (TPSA) is 226 Å². The fourth-order valence-corrected chi connectivity index (χ4v) is 8.38. The number of amides is 1. The zero-order chi connectivity index (χ0) is 45.2. The molecule has 0 aliphatic carbocycles. The second kappa shape index (κ2) is 21.3. The van der Waals surface area contributed by atoms with Crippen molar-refractivity contribution < 1.29 is 48.4 Å². The van der Waals surface area contributed by atoms with Crippen LogP contribution < -0.4 is 5.32 Å². The van der Waals surface area contributed by atoms with Gasteiger partial charge in [-0.05, 0) is 92.5 Å². The molecule has 2 atom stereocenters. The van der Waals surface area contributed by atoms with Crippen LogP contribution in [0.1, 0.15) is 116 Å². The summed E-state index contributed by atoms with van der Waals surface area (Å²) in [5, 5.41) is 23.0. The molecule has 5 heterocycles. The largest absolute Gasteiger partial charge is 0.481 e. The molecule has 5 N–H and O–H groups in total. The number of aliphatic hydroxyl groups is 1. The molecule has 0 saturated heterocycles. The van der Waals surface area contributed by atoms with Crippen molar-refractivity contribution >= 4 is 63.0 Å². The molecular formula is C46H60N6O10. The molecule has 1 amide bonds. The van der Waals surface area contributed by atoms with Gasteiger partial charge in [-0.15, -0.1) is 0 Å². The highest BCUT2D eigenvalue weighted by Crippen LogP contribution is 2.44. The van der Waals surface area contributed by atoms with E-state index in [1.54, 1.807) is 0 Å². The van der Waals surface area contributed by atoms with Crippen LogP contribution in [-0.2, 0) is 57.4 Å². The molecule has 3 aromatic rings. The first-order valence-corrected chi connectivity index (χ1v) is 21.2. The van der Waals surface area contributed by atoms with Gasteiger partial charge in [0.15, 0.2) is 0 Å². The van der Waals surface area contributed by atoms with Crippen LogP contribution in [0, 0.1) is 13.8 Å². The third-order valence-electron chi connectivity index (χ3n) is 11.8. The molecule has 8 bridgehead atoms. The lowest BCUT2D eigenvalue weighted by Crippen LogP contribution is -2.35. The summed E-state index contributed by atoms with van der Waals surface area (Å²) >= 11 is 0. The van der Waals surface area contributed by atoms with Crippen LogP contribution in [0.15, 0.2) is 18.2 Å². The molecule has 16 nitrogen and oxygen atoms in total. The summed E-state index contributed by atoms with van der Waals surface area (Å²) in [4.78, 5) is 82.1. The highest BCUT2D eigenvalue weighted by molar-refractivity contribution is 6.27. The lowest BCUT2D eigenvalue weighted by Gasteiger charge is -2.22. The average molecular weight is 857 g/mol. The van der Waals surface area contributed by atoms with E-state index in [1.165, 1.54) is 21.0 Å². The Labute approximate surface area is 361 Å². The Hall–Kier alpha value is -5.87. The quantitative estimate of drug-likeness (QED) is 0.0582. The van der Waals surface area contributed by atoms with Crippen LogP contribution in [0.4, 0.5) is 0 Å². The average Bonchev–Trinajstić information content (AvgIpc) is 3.90. The maximum Gasteiger partial charge on any atom is 0.310 e. The Morgan fingerprint density at radius 3 is 2.08 bits per heavy atom. The first-order chi connectivity index (χ1) is 29.6. The van der Waals surface area contributed by atoms with Crippen molar-refractivity contribution in [1.82, 2.24) is 30.2 Å². The number of aliphatic hydroxyl groups excluding tert-OH is 1. The van der Waals surface area contributed by atoms with Crippen LogP contribution in [0.3, 0.4) is 0 Å². The van der Waals surface area contributed by atoms with Crippen LogP contribution in [0.2, 0.25) is 0 Å². The Bertz CT molecular complexity index is 2380. The number of aliphatic carboxylic acids is 1. The van der Waals surface area contributed by atoms with Crippen LogP contribution >= 0.6 is 0 Å². The highest BCUT2D eigenvalue weighted by Gasteiger charge is 2.36. The van der Waals surface area contributed by atoms with E-state index in [9.17, 15) is 34.2 Å². The summed E-state index contributed by atoms with van der Waals surface area (Å²) in [5.41, 5.74) is 10.4. The second-order valence-corrected chi connectivity index (χ2v) is 15.8. The number of aromatic amines is 2. The number of aryl methyl sites for hydroxylation is 3. The Morgan fingerprint density at radius 2 is 1.48 bits per heavy atom. The molecule has 2 aliphatic heterocycles. The van der Waals surface area contributed by atoms with Crippen molar-refractivity contribution in [2.24, 2.45) is 0 Å². The lowest BCUT2D eigenvalue weighted by molar-refractivity contribution is -0.142. The molecule has 5 rings (SSSR count). The van der Waals surface area contributed by atoms with E-state index in [0.717, 1.165) is 44.3 Å². The van der Waals surface area contributed by atoms with Gasteiger partial charge in [-0.2, -0.15) is 0 Å². The lowest BCUT2D eigenvalue weighted by atomic mass is 9.84. The molecule has 334 valence electrons. The number of carboxylic acid groups (broad SMARTS) is 1. The minimum atomic E-state index is -0.973. The molecule has 0 fully saturated rings. The second-order valence-electron chi connectivity index (χ2n) is 15.8. The van der Waals surface area contributed by atoms with E-state index < -0.39 is 35.7 Å². The third kappa shape index (κ3) is 11.1. The number of nitrogens with zero attached hydrogens (tertiary/aromatic N) is 3. The number of aromatic nitrogens is 4. The molecule has 0 saturated carbocycles. The highest BCUT2D eigenvalue weighted by atomic mass is 16.5. The van der Waals surface area contributed by atoms with Crippen molar-refractivity contribution in [3.05, 3.63) is 68.8 Å². The number of fused-ring (bicyclic) bond motifs is 8. The molecular weight excluding hydrogens is 797 g/mol. The smallest absolute Gasteiger partial charge is 0.310 e. The Kier molecular flexibility index (Phi) is 16.2. The number of hydrogen-bond donors (Lipinski definition) is 5. The van der Waals surface area contributed by atoms with Crippen molar-refractivity contribution in [2.45, 2.75) is 98.8 Å². The SMILES string of the molecule is CCc1c(C)c2cc3[nH]c(cc4nc(c(CC(=O)OC)c5nc(cc1[nH]2)C(C)=C5C(=O)NCCCN(CCOC(C)=O)CCOC(C)=O)C(CCC(=O)O)C4C)c(C)c3CCO. The van der Waals surface area contributed by atoms with E-state index in [0.29, 0.717) is 67.1 Å². The number of H-pyrrole nitrogens is 2. The predicted molar refractivity (Wildman–Crippen MR) is 234 cm³/mol. The van der Waals surface area contributed by atoms with Crippen LogP contribution in [0.5, 0.6) is 0 Å². The van der Waals surface area contributed by atoms with Crippen LogP contribution in [-0.4, -0.2) is 118 Å². The van der Waals surface area contributed by atoms with Crippen molar-refractivity contribution in [1.29, 1.82) is 0 Å². The molecule has 2 unspecified atom stereocenters. The third-order valence-corrected chi connectivity index (χ3v) is 11.8. The van der Waals surface area contributed by atoms with Gasteiger partial charge in [-0.25, -0.2) is 4.98 Å². The van der Waals surface area contributed by atoms with Gasteiger partial charge in [0, 0.05) is 98.2 Å². The number of allylic oxidation sites excluding steroid dienone is 1. The standard InChI is InChI=1S/C46H60N6O10/c1-9-31-25(2)36-23-40-32(13-18-53)26(3)35(49-40)22-37-27(4)33(11-12-41(56)57)44(50-37)34(21-42(58)60-8)45-43(28(5)38(51-45)24-39(31)48-36)46(59)47-14-10-15-52(16-19-61-29(6)54)17-20-62-30(7)55/h22-24,27,33,48-49,53H,9-21H2,1-8H3,(H,47,59)(H,56,57). The maximum absolute atomic E-state index is 14.5. The van der Waals surface area contributed by atoms with Gasteiger partial charge in [0.05, 0.1) is 36.2 Å². The van der Waals surface area contributed by atoms with Gasteiger partial charge in [0.1, 0.15) is 13.2 Å². The minimum absolute atomic E-state index is 0.0476. The van der Waals surface area contributed by atoms with Crippen LogP contribution in [0.25, 0.3) is 33.2 Å².